The molecule has 3 nitrogen and oxygen atoms in total. The molecule has 134 valence electrons. The van der Waals surface area contributed by atoms with E-state index in [0.29, 0.717) is 0 Å². The summed E-state index contributed by atoms with van der Waals surface area (Å²) in [6.45, 7) is 8.39. The molecule has 2 aromatic carbocycles. The molecule has 1 atom stereocenters. The zero-order valence-electron chi connectivity index (χ0n) is 15.5. The number of sulfone groups is 1. The van der Waals surface area contributed by atoms with Crippen molar-refractivity contribution in [2.24, 2.45) is 0 Å². The van der Waals surface area contributed by atoms with Crippen molar-refractivity contribution >= 4 is 15.5 Å². The molecule has 1 aliphatic heterocycles. The summed E-state index contributed by atoms with van der Waals surface area (Å²) in [7, 11) is -3.02. The molecule has 1 heterocycles. The molecule has 0 fully saturated rings. The minimum absolute atomic E-state index is 0.0722. The number of benzene rings is 2. The van der Waals surface area contributed by atoms with Crippen molar-refractivity contribution in [1.82, 2.24) is 0 Å². The van der Waals surface area contributed by atoms with Gasteiger partial charge in [0.05, 0.1) is 11.8 Å². The van der Waals surface area contributed by atoms with Crippen molar-refractivity contribution in [2.45, 2.75) is 51.3 Å². The normalized spacial score (nSPS) is 19.1. The van der Waals surface area contributed by atoms with Gasteiger partial charge in [-0.3, -0.25) is 0 Å². The topological polar surface area (TPSA) is 46.2 Å². The Morgan fingerprint density at radius 3 is 2.64 bits per heavy atom. The summed E-state index contributed by atoms with van der Waals surface area (Å²) < 4.78 is 23.9. The fourth-order valence-electron chi connectivity index (χ4n) is 3.66. The summed E-state index contributed by atoms with van der Waals surface area (Å²) in [5.74, 6) is 0.294. The van der Waals surface area contributed by atoms with E-state index in [1.807, 2.05) is 18.2 Å². The van der Waals surface area contributed by atoms with E-state index in [2.05, 4.69) is 50.4 Å². The van der Waals surface area contributed by atoms with Crippen molar-refractivity contribution in [2.75, 3.05) is 11.1 Å². The van der Waals surface area contributed by atoms with Gasteiger partial charge >= 0.3 is 0 Å². The highest BCUT2D eigenvalue weighted by molar-refractivity contribution is 7.90. The SMILES string of the molecule is CCS(=O)(=O)Cc1cccc(C2CC(C)(C)c3cc(C)ccc3N2)c1. The molecule has 0 spiro atoms. The van der Waals surface area contributed by atoms with Crippen molar-refractivity contribution in [1.29, 1.82) is 0 Å². The fraction of sp³-hybridized carbons (Fsp3) is 0.429. The monoisotopic (exact) mass is 357 g/mol. The van der Waals surface area contributed by atoms with Crippen molar-refractivity contribution in [3.8, 4) is 0 Å². The van der Waals surface area contributed by atoms with E-state index in [-0.39, 0.29) is 23.0 Å². The third-order valence-corrected chi connectivity index (χ3v) is 6.78. The molecule has 1 unspecified atom stereocenters. The Hall–Kier alpha value is -1.81. The highest BCUT2D eigenvalue weighted by Gasteiger charge is 2.33. The van der Waals surface area contributed by atoms with E-state index in [0.717, 1.165) is 17.5 Å². The third kappa shape index (κ3) is 3.90. The molecule has 0 aromatic heterocycles. The van der Waals surface area contributed by atoms with E-state index in [9.17, 15) is 8.42 Å². The highest BCUT2D eigenvalue weighted by Crippen LogP contribution is 2.44. The number of anilines is 1. The second kappa shape index (κ2) is 6.49. The van der Waals surface area contributed by atoms with Gasteiger partial charge in [0, 0.05) is 11.4 Å². The lowest BCUT2D eigenvalue weighted by Crippen LogP contribution is -2.31. The molecular formula is C21H27NO2S. The van der Waals surface area contributed by atoms with Crippen molar-refractivity contribution < 1.29 is 8.42 Å². The van der Waals surface area contributed by atoms with E-state index >= 15 is 0 Å². The van der Waals surface area contributed by atoms with Crippen LogP contribution in [0.5, 0.6) is 0 Å². The molecule has 3 rings (SSSR count). The Bertz CT molecular complexity index is 885. The first-order valence-electron chi connectivity index (χ1n) is 8.87. The predicted molar refractivity (Wildman–Crippen MR) is 105 cm³/mol. The molecule has 0 saturated carbocycles. The summed E-state index contributed by atoms with van der Waals surface area (Å²) in [6.07, 6.45) is 0.980. The lowest BCUT2D eigenvalue weighted by atomic mass is 9.73. The van der Waals surface area contributed by atoms with Gasteiger partial charge in [-0.15, -0.1) is 0 Å². The Morgan fingerprint density at radius 1 is 1.16 bits per heavy atom. The molecule has 0 bridgehead atoms. The standard InChI is InChI=1S/C21H27NO2S/c1-5-25(23,24)14-16-7-6-8-17(12-16)20-13-21(3,4)18-11-15(2)9-10-19(18)22-20/h6-12,20,22H,5,13-14H2,1-4H3. The summed E-state index contributed by atoms with van der Waals surface area (Å²) in [5.41, 5.74) is 5.91. The van der Waals surface area contributed by atoms with Gasteiger partial charge in [-0.25, -0.2) is 8.42 Å². The van der Waals surface area contributed by atoms with Crippen LogP contribution in [0.4, 0.5) is 5.69 Å². The quantitative estimate of drug-likeness (QED) is 0.858. The van der Waals surface area contributed by atoms with Crippen molar-refractivity contribution in [3.63, 3.8) is 0 Å². The van der Waals surface area contributed by atoms with Gasteiger partial charge in [0.15, 0.2) is 9.84 Å². The molecule has 1 aliphatic rings. The maximum Gasteiger partial charge on any atom is 0.154 e. The van der Waals surface area contributed by atoms with Crippen LogP contribution < -0.4 is 5.32 Å². The summed E-state index contributed by atoms with van der Waals surface area (Å²) in [6, 6.07) is 14.8. The van der Waals surface area contributed by atoms with Crippen LogP contribution in [0.2, 0.25) is 0 Å². The van der Waals surface area contributed by atoms with Crippen LogP contribution in [0.15, 0.2) is 42.5 Å². The number of fused-ring (bicyclic) bond motifs is 1. The molecular weight excluding hydrogens is 330 g/mol. The van der Waals surface area contributed by atoms with Gasteiger partial charge in [0.25, 0.3) is 0 Å². The van der Waals surface area contributed by atoms with Crippen molar-refractivity contribution in [3.05, 3.63) is 64.7 Å². The first-order valence-corrected chi connectivity index (χ1v) is 10.7. The van der Waals surface area contributed by atoms with Crippen LogP contribution in [-0.4, -0.2) is 14.2 Å². The van der Waals surface area contributed by atoms with Crippen LogP contribution in [0, 0.1) is 6.92 Å². The van der Waals surface area contributed by atoms with E-state index in [1.165, 1.54) is 16.8 Å². The highest BCUT2D eigenvalue weighted by atomic mass is 32.2. The van der Waals surface area contributed by atoms with E-state index in [1.54, 1.807) is 6.92 Å². The Kier molecular flexibility index (Phi) is 4.67. The summed E-state index contributed by atoms with van der Waals surface area (Å²) in [5, 5.41) is 3.65. The average Bonchev–Trinajstić information content (AvgIpc) is 2.55. The van der Waals surface area contributed by atoms with E-state index in [4.69, 9.17) is 0 Å². The average molecular weight is 358 g/mol. The number of hydrogen-bond donors (Lipinski definition) is 1. The number of aryl methyl sites for hydroxylation is 1. The largest absolute Gasteiger partial charge is 0.378 e. The summed E-state index contributed by atoms with van der Waals surface area (Å²) >= 11 is 0. The molecule has 0 aliphatic carbocycles. The minimum atomic E-state index is -3.02. The lowest BCUT2D eigenvalue weighted by molar-refractivity contribution is 0.427. The molecule has 2 aromatic rings. The molecule has 1 N–H and O–H groups in total. The molecule has 4 heteroatoms. The van der Waals surface area contributed by atoms with Crippen LogP contribution in [0.3, 0.4) is 0 Å². The van der Waals surface area contributed by atoms with Gasteiger partial charge in [-0.2, -0.15) is 0 Å². The Labute approximate surface area is 151 Å². The Morgan fingerprint density at radius 2 is 1.92 bits per heavy atom. The predicted octanol–water partition coefficient (Wildman–Crippen LogP) is 4.76. The fourth-order valence-corrected chi connectivity index (χ4v) is 4.55. The lowest BCUT2D eigenvalue weighted by Gasteiger charge is -2.39. The zero-order chi connectivity index (χ0) is 18.2. The van der Waals surface area contributed by atoms with Crippen LogP contribution in [-0.2, 0) is 21.0 Å². The van der Waals surface area contributed by atoms with Crippen LogP contribution in [0.25, 0.3) is 0 Å². The maximum absolute atomic E-state index is 11.9. The van der Waals surface area contributed by atoms with Gasteiger partial charge in [0.2, 0.25) is 0 Å². The van der Waals surface area contributed by atoms with Gasteiger partial charge < -0.3 is 5.32 Å². The second-order valence-corrected chi connectivity index (χ2v) is 10.1. The van der Waals surface area contributed by atoms with Gasteiger partial charge in [-0.05, 0) is 41.5 Å². The van der Waals surface area contributed by atoms with Crippen LogP contribution >= 0.6 is 0 Å². The number of hydrogen-bond acceptors (Lipinski definition) is 3. The van der Waals surface area contributed by atoms with Gasteiger partial charge in [0.1, 0.15) is 0 Å². The minimum Gasteiger partial charge on any atom is -0.378 e. The summed E-state index contributed by atoms with van der Waals surface area (Å²) in [4.78, 5) is 0. The first kappa shape index (κ1) is 18.0. The van der Waals surface area contributed by atoms with Crippen LogP contribution in [0.1, 0.15) is 55.5 Å². The first-order chi connectivity index (χ1) is 11.7. The smallest absolute Gasteiger partial charge is 0.154 e. The van der Waals surface area contributed by atoms with E-state index < -0.39 is 9.84 Å². The number of nitrogens with one attached hydrogen (secondary N) is 1. The zero-order valence-corrected chi connectivity index (χ0v) is 16.3. The molecule has 0 amide bonds. The Balaban J connectivity index is 1.92. The maximum atomic E-state index is 11.9. The van der Waals surface area contributed by atoms with Gasteiger partial charge in [-0.1, -0.05) is 62.7 Å². The molecule has 25 heavy (non-hydrogen) atoms. The molecule has 0 radical (unpaired) electrons. The molecule has 0 saturated heterocycles. The number of rotatable bonds is 4. The third-order valence-electron chi connectivity index (χ3n) is 5.13. The second-order valence-electron chi connectivity index (χ2n) is 7.76.